The molecule has 0 spiro atoms. The highest BCUT2D eigenvalue weighted by Crippen LogP contribution is 2.36. The number of carbonyl (C=O) groups is 2. The van der Waals surface area contributed by atoms with Gasteiger partial charge in [-0.3, -0.25) is 14.4 Å². The first-order valence-corrected chi connectivity index (χ1v) is 22.3. The van der Waals surface area contributed by atoms with Crippen LogP contribution in [0.25, 0.3) is 55.9 Å². The Morgan fingerprint density at radius 1 is 0.739 bits per heavy atom. The van der Waals surface area contributed by atoms with Gasteiger partial charge in [0.15, 0.2) is 39.6 Å². The molecule has 360 valence electrons. The average molecular weight is 949 g/mol. The molecule has 0 aromatic carbocycles. The smallest absolute Gasteiger partial charge is 0.410 e. The molecule has 21 heteroatoms. The van der Waals surface area contributed by atoms with E-state index in [1.165, 1.54) is 17.0 Å². The molecular weight excluding hydrogens is 898 g/mol. The van der Waals surface area contributed by atoms with Crippen LogP contribution in [-0.2, 0) is 15.2 Å². The second-order valence-electron chi connectivity index (χ2n) is 18.4. The Hall–Kier alpha value is -7.55. The van der Waals surface area contributed by atoms with E-state index in [4.69, 9.17) is 19.6 Å². The number of fused-ring (bicyclic) bond motifs is 4. The zero-order chi connectivity index (χ0) is 49.5. The Bertz CT molecular complexity index is 3400. The molecule has 18 nitrogen and oxygen atoms in total. The number of alkyl halides is 1. The van der Waals surface area contributed by atoms with Crippen LogP contribution in [0.2, 0.25) is 0 Å². The standard InChI is InChI=1S/C26H28F2N6O3.C21H21FN6O.CH2O2/c1-14-10-18(16-11-17(27)21-29-15(2)12-34(21)13-16)30-20-19(14)31-23(32-22(20)35)26(28)6-8-33(9-7-26)24(36)37-25(3,4)5;1-11-7-16(14-8-15(22)20-24-12(2)9-28(20)10-14)25-18-17(11)26-19(27-21(18)29)13-3-5-23-6-4-13;2-1-3/h10-13H,6-9H2,1-5H3,(H,31,32,35);7-10,13,23H,3-6H2,1-2H3,(H,26,27,29);1H,(H,2,3). The van der Waals surface area contributed by atoms with Crippen molar-refractivity contribution < 1.29 is 32.6 Å². The number of carboxylic acid groups (broad SMARTS) is 1. The molecule has 2 aliphatic heterocycles. The summed E-state index contributed by atoms with van der Waals surface area (Å²) in [5, 5.41) is 10.2. The van der Waals surface area contributed by atoms with Crippen LogP contribution in [0.5, 0.6) is 0 Å². The highest BCUT2D eigenvalue weighted by atomic mass is 19.1. The van der Waals surface area contributed by atoms with Gasteiger partial charge in [-0.25, -0.2) is 47.9 Å². The first-order valence-electron chi connectivity index (χ1n) is 22.3. The predicted molar refractivity (Wildman–Crippen MR) is 251 cm³/mol. The number of pyridine rings is 4. The molecular formula is C48H51F3N12O6. The molecule has 10 heterocycles. The van der Waals surface area contributed by atoms with Gasteiger partial charge in [0.2, 0.25) is 0 Å². The summed E-state index contributed by atoms with van der Waals surface area (Å²) in [6.07, 6.45) is 8.26. The SMILES string of the molecule is Cc1cn2cc(-c3cc(C)c4nc(C5(F)CCN(C(=O)OC(C)(C)C)CC5)[nH]c(=O)c4n3)cc(F)c2n1.Cc1cn2cc(-c3cc(C)c4nc(C5CCNCC5)[nH]c(=O)c4n3)cc(F)c2n1.O=CO. The van der Waals surface area contributed by atoms with Crippen molar-refractivity contribution in [1.82, 2.24) is 58.9 Å². The number of aromatic amines is 2. The van der Waals surface area contributed by atoms with Gasteiger partial charge < -0.3 is 38.8 Å². The normalized spacial score (nSPS) is 15.2. The third-order valence-corrected chi connectivity index (χ3v) is 11.9. The van der Waals surface area contributed by atoms with Crippen LogP contribution in [-0.4, -0.2) is 103 Å². The fraction of sp³-hybridized carbons (Fsp3) is 0.375. The van der Waals surface area contributed by atoms with Crippen LogP contribution >= 0.6 is 0 Å². The van der Waals surface area contributed by atoms with E-state index >= 15 is 4.39 Å². The lowest BCUT2D eigenvalue weighted by Crippen LogP contribution is -2.46. The van der Waals surface area contributed by atoms with E-state index in [0.29, 0.717) is 39.3 Å². The zero-order valence-electron chi connectivity index (χ0n) is 39.1. The van der Waals surface area contributed by atoms with Crippen LogP contribution in [0.1, 0.15) is 86.5 Å². The van der Waals surface area contributed by atoms with Crippen molar-refractivity contribution in [3.05, 3.63) is 116 Å². The first-order chi connectivity index (χ1) is 32.7. The molecule has 10 rings (SSSR count). The topological polar surface area (TPSA) is 231 Å². The Kier molecular flexibility index (Phi) is 13.1. The minimum Gasteiger partial charge on any atom is -0.483 e. The molecule has 2 aliphatic rings. The van der Waals surface area contributed by atoms with E-state index in [-0.39, 0.29) is 77.5 Å². The third kappa shape index (κ3) is 10.0. The molecule has 1 amide bonds. The number of hydrogen-bond acceptors (Lipinski definition) is 12. The highest BCUT2D eigenvalue weighted by Gasteiger charge is 2.41. The fourth-order valence-electron chi connectivity index (χ4n) is 8.60. The number of nitrogens with zero attached hydrogens (tertiary/aromatic N) is 9. The number of likely N-dealkylation sites (tertiary alicyclic amines) is 1. The number of aromatic nitrogens is 10. The Morgan fingerprint density at radius 2 is 1.22 bits per heavy atom. The number of nitrogens with one attached hydrogen (secondary N) is 3. The summed E-state index contributed by atoms with van der Waals surface area (Å²) in [6.45, 7) is 14.4. The van der Waals surface area contributed by atoms with Gasteiger partial charge in [-0.05, 0) is 110 Å². The van der Waals surface area contributed by atoms with E-state index in [2.05, 4.69) is 40.2 Å². The van der Waals surface area contributed by atoms with Crippen LogP contribution in [0.3, 0.4) is 0 Å². The molecule has 8 aromatic rings. The molecule has 4 N–H and O–H groups in total. The summed E-state index contributed by atoms with van der Waals surface area (Å²) >= 11 is 0. The van der Waals surface area contributed by atoms with Crippen molar-refractivity contribution in [2.45, 2.75) is 91.3 Å². The van der Waals surface area contributed by atoms with Gasteiger partial charge in [-0.2, -0.15) is 0 Å². The van der Waals surface area contributed by atoms with Crippen molar-refractivity contribution in [3.63, 3.8) is 0 Å². The maximum Gasteiger partial charge on any atom is 0.410 e. The van der Waals surface area contributed by atoms with E-state index in [1.807, 2.05) is 19.9 Å². The molecule has 0 bridgehead atoms. The number of H-pyrrole nitrogens is 2. The maximum atomic E-state index is 16.0. The lowest BCUT2D eigenvalue weighted by atomic mass is 9.92. The number of imidazole rings is 2. The second-order valence-corrected chi connectivity index (χ2v) is 18.4. The van der Waals surface area contributed by atoms with Gasteiger partial charge in [0, 0.05) is 67.8 Å². The van der Waals surface area contributed by atoms with Gasteiger partial charge in [0.25, 0.3) is 17.6 Å². The van der Waals surface area contributed by atoms with Crippen LogP contribution in [0.15, 0.2) is 58.6 Å². The number of carbonyl (C=O) groups excluding carboxylic acids is 1. The highest BCUT2D eigenvalue weighted by molar-refractivity contribution is 5.82. The van der Waals surface area contributed by atoms with Crippen molar-refractivity contribution in [2.24, 2.45) is 0 Å². The summed E-state index contributed by atoms with van der Waals surface area (Å²) < 4.78 is 53.7. The second kappa shape index (κ2) is 18.9. The summed E-state index contributed by atoms with van der Waals surface area (Å²) in [4.78, 5) is 80.0. The van der Waals surface area contributed by atoms with Crippen molar-refractivity contribution in [1.29, 1.82) is 0 Å². The van der Waals surface area contributed by atoms with Gasteiger partial charge in [-0.15, -0.1) is 0 Å². The molecule has 0 atom stereocenters. The van der Waals surface area contributed by atoms with E-state index in [1.54, 1.807) is 74.3 Å². The monoisotopic (exact) mass is 948 g/mol. The van der Waals surface area contributed by atoms with Crippen LogP contribution < -0.4 is 16.4 Å². The number of piperidine rings is 2. The molecule has 69 heavy (non-hydrogen) atoms. The van der Waals surface area contributed by atoms with E-state index in [9.17, 15) is 23.2 Å². The van der Waals surface area contributed by atoms with Gasteiger partial charge in [0.05, 0.1) is 33.8 Å². The van der Waals surface area contributed by atoms with Gasteiger partial charge in [0.1, 0.15) is 17.2 Å². The minimum atomic E-state index is -1.91. The molecule has 0 aliphatic carbocycles. The van der Waals surface area contributed by atoms with Gasteiger partial charge >= 0.3 is 6.09 Å². The first kappa shape index (κ1) is 47.9. The Morgan fingerprint density at radius 3 is 1.71 bits per heavy atom. The number of aryl methyl sites for hydroxylation is 4. The maximum absolute atomic E-state index is 16.0. The van der Waals surface area contributed by atoms with E-state index < -0.39 is 34.6 Å². The zero-order valence-corrected chi connectivity index (χ0v) is 39.1. The number of rotatable bonds is 4. The lowest BCUT2D eigenvalue weighted by molar-refractivity contribution is -0.122. The molecule has 0 unspecified atom stereocenters. The predicted octanol–water partition coefficient (Wildman–Crippen LogP) is 7.14. The summed E-state index contributed by atoms with van der Waals surface area (Å²) in [6, 6.07) is 6.27. The molecule has 0 saturated carbocycles. The summed E-state index contributed by atoms with van der Waals surface area (Å²) in [5.74, 6) is -0.0580. The molecule has 8 aromatic heterocycles. The van der Waals surface area contributed by atoms with Gasteiger partial charge in [-0.1, -0.05) is 0 Å². The Balaban J connectivity index is 0.000000180. The van der Waals surface area contributed by atoms with Crippen molar-refractivity contribution in [3.8, 4) is 22.5 Å². The van der Waals surface area contributed by atoms with Crippen LogP contribution in [0.4, 0.5) is 18.0 Å². The molecule has 0 radical (unpaired) electrons. The molecule has 2 fully saturated rings. The van der Waals surface area contributed by atoms with Crippen LogP contribution in [0, 0.1) is 39.3 Å². The van der Waals surface area contributed by atoms with Crippen molar-refractivity contribution >= 4 is 45.9 Å². The number of hydrogen-bond donors (Lipinski definition) is 4. The summed E-state index contributed by atoms with van der Waals surface area (Å²) in [5.41, 5.74) is 3.07. The third-order valence-electron chi connectivity index (χ3n) is 11.9. The largest absolute Gasteiger partial charge is 0.483 e. The number of amides is 1. The van der Waals surface area contributed by atoms with E-state index in [0.717, 1.165) is 43.0 Å². The van der Waals surface area contributed by atoms with Crippen molar-refractivity contribution in [2.75, 3.05) is 26.2 Å². The molecule has 2 saturated heterocycles. The Labute approximate surface area is 392 Å². The summed E-state index contributed by atoms with van der Waals surface area (Å²) in [7, 11) is 0. The number of halogens is 3. The number of ether oxygens (including phenoxy) is 1. The fourth-order valence-corrected chi connectivity index (χ4v) is 8.60. The average Bonchev–Trinajstić information content (AvgIpc) is 3.88. The quantitative estimate of drug-likeness (QED) is 0.129. The lowest BCUT2D eigenvalue weighted by Gasteiger charge is -2.36. The minimum absolute atomic E-state index is 0.0329.